The maximum Gasteiger partial charge on any atom is 0.409 e. The Labute approximate surface area is 658 Å². The van der Waals surface area contributed by atoms with Crippen molar-refractivity contribution in [2.45, 2.75) is 99.6 Å². The van der Waals surface area contributed by atoms with Gasteiger partial charge in [-0.15, -0.1) is 0 Å². The number of methoxy groups -OCH3 is 1. The Morgan fingerprint density at radius 3 is 1.00 bits per heavy atom. The summed E-state index contributed by atoms with van der Waals surface area (Å²) in [6.07, 6.45) is -0.561. The molecule has 9 aliphatic rings. The normalized spacial score (nSPS) is 20.1. The number of ether oxygens (including phenoxy) is 4. The molecule has 0 bridgehead atoms. The second-order valence-electron chi connectivity index (χ2n) is 28.9. The van der Waals surface area contributed by atoms with Gasteiger partial charge in [0.1, 0.15) is 51.8 Å². The molecule has 0 spiro atoms. The predicted octanol–water partition coefficient (Wildman–Crippen LogP) is 3.66. The molecule has 7 amide bonds. The van der Waals surface area contributed by atoms with E-state index < -0.39 is 105 Å². The highest BCUT2D eigenvalue weighted by Gasteiger charge is 2.45. The fourth-order valence-corrected chi connectivity index (χ4v) is 18.6. The summed E-state index contributed by atoms with van der Waals surface area (Å²) < 4.78 is 148. The number of fused-ring (bicyclic) bond motifs is 3. The van der Waals surface area contributed by atoms with Gasteiger partial charge in [0.2, 0.25) is 36.0 Å². The summed E-state index contributed by atoms with van der Waals surface area (Å²) in [4.78, 5) is 97.7. The lowest BCUT2D eigenvalue weighted by Crippen LogP contribution is -2.54. The van der Waals surface area contributed by atoms with Gasteiger partial charge >= 0.3 is 12.1 Å². The van der Waals surface area contributed by atoms with Crippen molar-refractivity contribution in [3.63, 3.8) is 0 Å². The smallest absolute Gasteiger partial charge is 0.409 e. The Hall–Kier alpha value is -10.3. The second kappa shape index (κ2) is 34.0. The number of nitrogens with zero attached hydrogens (tertiary/aromatic N) is 13. The number of hydrogen-bond acceptors (Lipinski definition) is 25. The van der Waals surface area contributed by atoms with Crippen molar-refractivity contribution >= 4 is 83.3 Å². The maximum absolute atomic E-state index is 14.2. The lowest BCUT2D eigenvalue weighted by Gasteiger charge is -2.43. The van der Waals surface area contributed by atoms with Gasteiger partial charge in [-0.25, -0.2) is 63.0 Å². The van der Waals surface area contributed by atoms with Crippen molar-refractivity contribution in [3.05, 3.63) is 160 Å². The van der Waals surface area contributed by atoms with Gasteiger partial charge in [0.15, 0.2) is 34.4 Å². The van der Waals surface area contributed by atoms with Gasteiger partial charge in [0.25, 0.3) is 17.7 Å². The summed E-state index contributed by atoms with van der Waals surface area (Å²) in [6, 6.07) is 9.63. The topological polar surface area (TPSA) is 408 Å². The van der Waals surface area contributed by atoms with E-state index in [1.54, 1.807) is 70.3 Å². The Balaban J connectivity index is 0.000000181. The van der Waals surface area contributed by atoms with Crippen molar-refractivity contribution in [2.24, 2.45) is 15.0 Å². The third-order valence-electron chi connectivity index (χ3n) is 20.0. The SMILES string of the molecule is C=C1C(O)=C(C(=O)NCc2ccc(F)cc2S(=O)(=O)N2CCN(C(=O)N(C)C)CC2)N=C2N1CCOC2(C)C.C=C1C(O)=C(C(=O)NCc2ccc(F)cc2S(=O)(=O)N2CCN(C(=O)OC)CC2)N=C2N1CCOC2(C)C.C=C1C(O)=C(C(=O)NCc2ccc(F)cc2S(=O)(=O)N2CCN(C(C)=O)CC2)N=C2N1CCOC2(C)C. The summed E-state index contributed by atoms with van der Waals surface area (Å²) >= 11 is 0. The number of nitrogens with one attached hydrogen (secondary N) is 3. The highest BCUT2D eigenvalue weighted by Crippen LogP contribution is 2.36. The molecule has 35 nitrogen and oxygen atoms in total. The Bertz CT molecular complexity index is 4980. The standard InChI is InChI=1S/C25H33FN6O6S.C24H30FN5O7S.C24H30FN5O6S/c1-16-21(33)20(28-23-25(2,3)38-13-12-32(16)23)22(34)27-15-17-6-7-18(26)14-19(17)39(36,37)31-10-8-30(9-11-31)24(35)29(4)5;1-15-20(31)19(27-22-24(2,3)37-12-11-30(15)22)21(32)26-14-16-5-6-17(25)13-18(16)38(34,35)29-9-7-28(8-10-29)23(33)36-4;1-15-21(32)20(27-23-24(3,4)36-12-11-30(15)23)22(33)26-14-17-5-6-18(25)13-19(17)37(34,35)29-9-7-28(8-10-29)16(2)31/h6-7,14,33H,1,8-13,15H2,2-5H3,(H,27,34);5-6,13,31H,1,7-12,14H2,2-4H3,(H,26,32);5-6,13,32H,1,7-12,14H2,2-4H3,(H,26,33). The average molecular weight is 1650 g/mol. The minimum absolute atomic E-state index is 0.00549. The number of aliphatic hydroxyl groups is 3. The van der Waals surface area contributed by atoms with Gasteiger partial charge in [0, 0.05) is 139 Å². The first-order valence-electron chi connectivity index (χ1n) is 36.1. The van der Waals surface area contributed by atoms with Crippen molar-refractivity contribution in [3.8, 4) is 0 Å². The average Bonchev–Trinajstić information content (AvgIpc) is 0.632. The van der Waals surface area contributed by atoms with Crippen LogP contribution in [0.4, 0.5) is 22.8 Å². The third-order valence-corrected chi connectivity index (χ3v) is 25.9. The highest BCUT2D eigenvalue weighted by atomic mass is 32.2. The van der Waals surface area contributed by atoms with Crippen LogP contribution in [0.25, 0.3) is 0 Å². The molecule has 3 aromatic rings. The number of sulfonamides is 3. The number of carbonyl (C=O) groups is 6. The lowest BCUT2D eigenvalue weighted by molar-refractivity contribution is -0.130. The number of carbonyl (C=O) groups excluding carboxylic acids is 6. The van der Waals surface area contributed by atoms with Crippen LogP contribution in [0.5, 0.6) is 0 Å². The molecule has 114 heavy (non-hydrogen) atoms. The molecule has 0 atom stereocenters. The molecule has 0 saturated carbocycles. The van der Waals surface area contributed by atoms with Gasteiger partial charge in [-0.05, 0) is 94.6 Å². The number of morpholine rings is 3. The number of urea groups is 1. The Morgan fingerprint density at radius 2 is 0.737 bits per heavy atom. The monoisotopic (exact) mass is 1650 g/mol. The number of aliphatic hydroxyl groups excluding tert-OH is 3. The van der Waals surface area contributed by atoms with Crippen LogP contribution in [0.15, 0.2) is 155 Å². The van der Waals surface area contributed by atoms with Crippen LogP contribution >= 0.6 is 0 Å². The fraction of sp³-hybridized carbons (Fsp3) is 0.466. The molecular weight excluding hydrogens is 1560 g/mol. The zero-order chi connectivity index (χ0) is 83.6. The van der Waals surface area contributed by atoms with E-state index >= 15 is 0 Å². The first-order chi connectivity index (χ1) is 53.4. The fourth-order valence-electron chi connectivity index (χ4n) is 13.6. The highest BCUT2D eigenvalue weighted by molar-refractivity contribution is 7.89. The summed E-state index contributed by atoms with van der Waals surface area (Å²) in [6.45, 7) is 26.6. The summed E-state index contributed by atoms with van der Waals surface area (Å²) in [5.41, 5.74) is -2.25. The van der Waals surface area contributed by atoms with E-state index in [4.69, 9.17) is 14.2 Å². The molecule has 12 rings (SSSR count). The van der Waals surface area contributed by atoms with E-state index in [9.17, 15) is 82.5 Å². The number of halogens is 3. The summed E-state index contributed by atoms with van der Waals surface area (Å²) in [7, 11) is -7.94. The Morgan fingerprint density at radius 1 is 0.465 bits per heavy atom. The molecule has 41 heteroatoms. The van der Waals surface area contributed by atoms with Crippen molar-refractivity contribution in [1.29, 1.82) is 0 Å². The molecule has 6 fully saturated rings. The van der Waals surface area contributed by atoms with Crippen LogP contribution in [0.3, 0.4) is 0 Å². The molecule has 0 aromatic heterocycles. The van der Waals surface area contributed by atoms with Crippen LogP contribution in [0.2, 0.25) is 0 Å². The largest absolute Gasteiger partial charge is 0.504 e. The molecule has 3 aromatic carbocycles. The van der Waals surface area contributed by atoms with Crippen LogP contribution in [-0.2, 0) is 87.8 Å². The molecule has 6 N–H and O–H groups in total. The molecule has 0 aliphatic carbocycles. The first kappa shape index (κ1) is 86.1. The number of amides is 7. The maximum atomic E-state index is 14.2. The van der Waals surface area contributed by atoms with E-state index in [0.29, 0.717) is 57.0 Å². The zero-order valence-corrected chi connectivity index (χ0v) is 67.2. The molecule has 9 heterocycles. The minimum atomic E-state index is -4.16. The summed E-state index contributed by atoms with van der Waals surface area (Å²) in [5, 5.41) is 39.6. The number of hydrogen-bond donors (Lipinski definition) is 6. The van der Waals surface area contributed by atoms with Gasteiger partial charge < -0.3 is 84.5 Å². The zero-order valence-electron chi connectivity index (χ0n) is 64.7. The molecular formula is C73H93F3N16O19S3. The lowest BCUT2D eigenvalue weighted by atomic mass is 10.0. The van der Waals surface area contributed by atoms with Crippen molar-refractivity contribution < 1.29 is 101 Å². The van der Waals surface area contributed by atoms with E-state index in [2.05, 4.69) is 55.4 Å². The first-order valence-corrected chi connectivity index (χ1v) is 40.4. The van der Waals surface area contributed by atoms with Crippen molar-refractivity contribution in [1.82, 2.24) is 63.2 Å². The number of aliphatic imine (C=N–C) groups is 3. The molecule has 618 valence electrons. The van der Waals surface area contributed by atoms with E-state index in [-0.39, 0.29) is 176 Å². The summed E-state index contributed by atoms with van der Waals surface area (Å²) in [5.74, 6) is -4.64. The second-order valence-corrected chi connectivity index (χ2v) is 34.6. The van der Waals surface area contributed by atoms with Gasteiger partial charge in [-0.2, -0.15) is 12.9 Å². The third kappa shape index (κ3) is 18.1. The molecule has 0 radical (unpaired) electrons. The van der Waals surface area contributed by atoms with E-state index in [0.717, 1.165) is 40.7 Å². The van der Waals surface area contributed by atoms with Crippen LogP contribution < -0.4 is 16.0 Å². The number of benzene rings is 3. The van der Waals surface area contributed by atoms with Crippen LogP contribution in [0.1, 0.15) is 65.2 Å². The van der Waals surface area contributed by atoms with Gasteiger partial charge in [0.05, 0.1) is 58.7 Å². The van der Waals surface area contributed by atoms with Gasteiger partial charge in [-0.3, -0.25) is 19.2 Å². The van der Waals surface area contributed by atoms with Gasteiger partial charge in [-0.1, -0.05) is 37.9 Å². The van der Waals surface area contributed by atoms with Crippen LogP contribution in [-0.4, -0.2) is 297 Å². The Kier molecular flexibility index (Phi) is 25.7. The number of rotatable bonds is 15. The number of amidine groups is 3. The molecule has 6 saturated heterocycles. The quantitative estimate of drug-likeness (QED) is 0.126. The molecule has 9 aliphatic heterocycles. The van der Waals surface area contributed by atoms with E-state index in [1.165, 1.54) is 60.4 Å². The minimum Gasteiger partial charge on any atom is -0.504 e. The molecule has 0 unspecified atom stereocenters. The number of piperazine rings is 3. The van der Waals surface area contributed by atoms with Crippen molar-refractivity contribution in [2.75, 3.05) is 139 Å². The predicted molar refractivity (Wildman–Crippen MR) is 407 cm³/mol. The van der Waals surface area contributed by atoms with Crippen LogP contribution in [0, 0.1) is 17.5 Å². The van der Waals surface area contributed by atoms with E-state index in [1.807, 2.05) is 0 Å².